The van der Waals surface area contributed by atoms with Crippen LogP contribution in [0.4, 0.5) is 0 Å². The van der Waals surface area contributed by atoms with Crippen molar-refractivity contribution in [1.82, 2.24) is 0 Å². The molecule has 0 aromatic heterocycles. The zero-order valence-electron chi connectivity index (χ0n) is 9.54. The maximum Gasteiger partial charge on any atom is 0.120 e. The van der Waals surface area contributed by atoms with Gasteiger partial charge in [0.1, 0.15) is 12.0 Å². The molecular weight excluding hydrogens is 200 g/mol. The highest BCUT2D eigenvalue weighted by Crippen LogP contribution is 2.30. The third-order valence-electron chi connectivity index (χ3n) is 3.39. The first-order chi connectivity index (χ1) is 7.83. The van der Waals surface area contributed by atoms with Crippen LogP contribution in [0.1, 0.15) is 42.4 Å². The average Bonchev–Trinajstić information content (AvgIpc) is 2.53. The van der Waals surface area contributed by atoms with Gasteiger partial charge in [-0.1, -0.05) is 12.5 Å². The van der Waals surface area contributed by atoms with Gasteiger partial charge in [-0.05, 0) is 54.9 Å². The second kappa shape index (κ2) is 5.15. The van der Waals surface area contributed by atoms with Crippen LogP contribution in [0.2, 0.25) is 0 Å². The number of fused-ring (bicyclic) bond motifs is 1. The number of aromatic hydroxyl groups is 1. The molecule has 1 N–H and O–H groups in total. The molecular formula is C14H18O2. The van der Waals surface area contributed by atoms with Crippen molar-refractivity contribution in [2.24, 2.45) is 0 Å². The van der Waals surface area contributed by atoms with Crippen LogP contribution in [0.3, 0.4) is 0 Å². The highest BCUT2D eigenvalue weighted by atomic mass is 16.3. The fourth-order valence-electron chi connectivity index (χ4n) is 2.55. The number of hydrogen-bond donors (Lipinski definition) is 1. The number of benzene rings is 1. The summed E-state index contributed by atoms with van der Waals surface area (Å²) in [5.41, 5.74) is 3.68. The predicted octanol–water partition coefficient (Wildman–Crippen LogP) is 2.79. The van der Waals surface area contributed by atoms with Gasteiger partial charge in [0.2, 0.25) is 0 Å². The number of phenolic OH excluding ortho intramolecular Hbond substituents is 1. The summed E-state index contributed by atoms with van der Waals surface area (Å²) in [5, 5.41) is 9.87. The lowest BCUT2D eigenvalue weighted by Gasteiger charge is -2.13. The van der Waals surface area contributed by atoms with Gasteiger partial charge in [0, 0.05) is 6.42 Å². The molecule has 0 unspecified atom stereocenters. The van der Waals surface area contributed by atoms with Crippen molar-refractivity contribution in [3.05, 3.63) is 28.8 Å². The Morgan fingerprint density at radius 2 is 2.00 bits per heavy atom. The first-order valence-corrected chi connectivity index (χ1v) is 6.09. The van der Waals surface area contributed by atoms with E-state index in [2.05, 4.69) is 0 Å². The van der Waals surface area contributed by atoms with Gasteiger partial charge in [0.05, 0.1) is 0 Å². The van der Waals surface area contributed by atoms with Gasteiger partial charge in [0.15, 0.2) is 0 Å². The minimum absolute atomic E-state index is 0.363. The number of aldehydes is 1. The van der Waals surface area contributed by atoms with E-state index >= 15 is 0 Å². The molecule has 0 saturated heterocycles. The van der Waals surface area contributed by atoms with E-state index in [0.717, 1.165) is 24.7 Å². The van der Waals surface area contributed by atoms with Crippen molar-refractivity contribution >= 4 is 6.29 Å². The molecule has 2 heteroatoms. The summed E-state index contributed by atoms with van der Waals surface area (Å²) in [6.45, 7) is 0. The van der Waals surface area contributed by atoms with E-state index in [1.165, 1.54) is 30.4 Å². The van der Waals surface area contributed by atoms with Gasteiger partial charge < -0.3 is 9.90 Å². The van der Waals surface area contributed by atoms with Crippen LogP contribution in [-0.2, 0) is 24.1 Å². The highest BCUT2D eigenvalue weighted by Gasteiger charge is 2.14. The number of carbonyl (C=O) groups excluding carboxylic acids is 1. The summed E-state index contributed by atoms with van der Waals surface area (Å²) in [6, 6.07) is 3.82. The van der Waals surface area contributed by atoms with E-state index in [1.807, 2.05) is 6.07 Å². The van der Waals surface area contributed by atoms with Crippen molar-refractivity contribution in [3.8, 4) is 5.75 Å². The Morgan fingerprint density at radius 3 is 2.81 bits per heavy atom. The fourth-order valence-corrected chi connectivity index (χ4v) is 2.55. The molecule has 2 rings (SSSR count). The summed E-state index contributed by atoms with van der Waals surface area (Å²) in [4.78, 5) is 10.4. The molecule has 0 fully saturated rings. The molecule has 0 amide bonds. The van der Waals surface area contributed by atoms with Crippen LogP contribution >= 0.6 is 0 Å². The smallest absolute Gasteiger partial charge is 0.120 e. The maximum absolute atomic E-state index is 10.4. The zero-order valence-corrected chi connectivity index (χ0v) is 9.54. The predicted molar refractivity (Wildman–Crippen MR) is 63.8 cm³/mol. The lowest BCUT2D eigenvalue weighted by Crippen LogP contribution is -1.99. The highest BCUT2D eigenvalue weighted by molar-refractivity contribution is 5.52. The van der Waals surface area contributed by atoms with Crippen molar-refractivity contribution < 1.29 is 9.90 Å². The Kier molecular flexibility index (Phi) is 3.60. The van der Waals surface area contributed by atoms with E-state index in [1.54, 1.807) is 6.07 Å². The first-order valence-electron chi connectivity index (χ1n) is 6.09. The Bertz CT molecular complexity index is 383. The first kappa shape index (κ1) is 11.2. The maximum atomic E-state index is 10.4. The Balaban J connectivity index is 2.36. The number of rotatable bonds is 3. The molecule has 0 atom stereocenters. The summed E-state index contributed by atoms with van der Waals surface area (Å²) < 4.78 is 0. The third-order valence-corrected chi connectivity index (χ3v) is 3.39. The van der Waals surface area contributed by atoms with Crippen LogP contribution in [0, 0.1) is 0 Å². The van der Waals surface area contributed by atoms with Gasteiger partial charge in [-0.3, -0.25) is 0 Å². The standard InChI is InChI=1S/C14H18O2/c15-10-4-7-13-12-6-3-1-2-5-11(12)8-9-14(13)16/h8-10,16H,1-7H2. The lowest BCUT2D eigenvalue weighted by molar-refractivity contribution is -0.107. The minimum atomic E-state index is 0.363. The molecule has 0 aliphatic heterocycles. The summed E-state index contributed by atoms with van der Waals surface area (Å²) in [5.74, 6) is 0.363. The summed E-state index contributed by atoms with van der Waals surface area (Å²) in [7, 11) is 0. The van der Waals surface area contributed by atoms with E-state index in [-0.39, 0.29) is 0 Å². The number of phenols is 1. The molecule has 0 heterocycles. The molecule has 0 bridgehead atoms. The van der Waals surface area contributed by atoms with Crippen molar-refractivity contribution in [2.45, 2.75) is 44.9 Å². The molecule has 86 valence electrons. The van der Waals surface area contributed by atoms with Crippen molar-refractivity contribution in [2.75, 3.05) is 0 Å². The van der Waals surface area contributed by atoms with E-state index in [9.17, 15) is 9.90 Å². The van der Waals surface area contributed by atoms with Crippen molar-refractivity contribution in [3.63, 3.8) is 0 Å². The minimum Gasteiger partial charge on any atom is -0.508 e. The van der Waals surface area contributed by atoms with E-state index < -0.39 is 0 Å². The Labute approximate surface area is 96.3 Å². The van der Waals surface area contributed by atoms with Gasteiger partial charge in [-0.2, -0.15) is 0 Å². The molecule has 2 nitrogen and oxygen atoms in total. The Morgan fingerprint density at radius 1 is 1.19 bits per heavy atom. The van der Waals surface area contributed by atoms with Gasteiger partial charge in [-0.15, -0.1) is 0 Å². The second-order valence-corrected chi connectivity index (χ2v) is 4.47. The quantitative estimate of drug-likeness (QED) is 0.625. The molecule has 0 saturated carbocycles. The van der Waals surface area contributed by atoms with Gasteiger partial charge >= 0.3 is 0 Å². The number of carbonyl (C=O) groups is 1. The summed E-state index contributed by atoms with van der Waals surface area (Å²) >= 11 is 0. The fraction of sp³-hybridized carbons (Fsp3) is 0.500. The molecule has 0 spiro atoms. The normalized spacial score (nSPS) is 15.2. The molecule has 1 aliphatic rings. The topological polar surface area (TPSA) is 37.3 Å². The van der Waals surface area contributed by atoms with Crippen LogP contribution in [0.5, 0.6) is 5.75 Å². The molecule has 1 aromatic rings. The molecule has 1 aromatic carbocycles. The third kappa shape index (κ3) is 2.26. The van der Waals surface area contributed by atoms with Gasteiger partial charge in [-0.25, -0.2) is 0 Å². The van der Waals surface area contributed by atoms with Crippen LogP contribution < -0.4 is 0 Å². The number of hydrogen-bond acceptors (Lipinski definition) is 2. The largest absolute Gasteiger partial charge is 0.508 e. The second-order valence-electron chi connectivity index (χ2n) is 4.47. The van der Waals surface area contributed by atoms with Crippen LogP contribution in [-0.4, -0.2) is 11.4 Å². The van der Waals surface area contributed by atoms with Crippen LogP contribution in [0.25, 0.3) is 0 Å². The SMILES string of the molecule is O=CCCc1c(O)ccc2c1CCCCC2. The van der Waals surface area contributed by atoms with E-state index in [4.69, 9.17) is 0 Å². The number of aryl methyl sites for hydroxylation is 1. The van der Waals surface area contributed by atoms with Gasteiger partial charge in [0.25, 0.3) is 0 Å². The van der Waals surface area contributed by atoms with Crippen molar-refractivity contribution in [1.29, 1.82) is 0 Å². The monoisotopic (exact) mass is 218 g/mol. The zero-order chi connectivity index (χ0) is 11.4. The molecule has 16 heavy (non-hydrogen) atoms. The lowest BCUT2D eigenvalue weighted by atomic mass is 9.93. The van der Waals surface area contributed by atoms with E-state index in [0.29, 0.717) is 18.6 Å². The Hall–Kier alpha value is -1.31. The molecule has 1 aliphatic carbocycles. The summed E-state index contributed by atoms with van der Waals surface area (Å²) in [6.07, 6.45) is 7.98. The average molecular weight is 218 g/mol. The van der Waals surface area contributed by atoms with Crippen LogP contribution in [0.15, 0.2) is 12.1 Å². The molecule has 0 radical (unpaired) electrons.